The highest BCUT2D eigenvalue weighted by Gasteiger charge is 2.41. The van der Waals surface area contributed by atoms with Gasteiger partial charge in [0.05, 0.1) is 10.6 Å². The van der Waals surface area contributed by atoms with E-state index in [0.717, 1.165) is 17.3 Å². The molecule has 0 radical (unpaired) electrons. The summed E-state index contributed by atoms with van der Waals surface area (Å²) in [5.74, 6) is -0.741. The number of para-hydroxylation sites is 2. The number of nitrogens with zero attached hydrogens (tertiary/aromatic N) is 2. The predicted molar refractivity (Wildman–Crippen MR) is 131 cm³/mol. The van der Waals surface area contributed by atoms with Gasteiger partial charge in [0.25, 0.3) is 10.0 Å². The number of thioether (sulfide) groups is 1. The van der Waals surface area contributed by atoms with Crippen LogP contribution in [0.2, 0.25) is 0 Å². The molecule has 2 amide bonds. The largest absolute Gasteiger partial charge is 0.326 e. The number of sulfonamides is 1. The SMILES string of the molecule is Cc1ccc(S(=O)(=O)/N=C2\SC(CC(=O)Nc3ccccc3)C(=O)N2c2ccccc2)cc1. The molecular weight excluding hydrogens is 458 g/mol. The number of carbonyl (C=O) groups excluding carboxylic acids is 2. The van der Waals surface area contributed by atoms with Crippen molar-refractivity contribution < 1.29 is 18.0 Å². The van der Waals surface area contributed by atoms with Crippen LogP contribution in [-0.4, -0.2) is 30.6 Å². The zero-order valence-electron chi connectivity index (χ0n) is 17.7. The maximum Gasteiger partial charge on any atom is 0.284 e. The van der Waals surface area contributed by atoms with Gasteiger partial charge >= 0.3 is 0 Å². The lowest BCUT2D eigenvalue weighted by atomic mass is 10.2. The number of amides is 2. The van der Waals surface area contributed by atoms with Crippen LogP contribution in [0.1, 0.15) is 12.0 Å². The Labute approximate surface area is 196 Å². The van der Waals surface area contributed by atoms with Gasteiger partial charge in [0.2, 0.25) is 11.8 Å². The third-order valence-electron chi connectivity index (χ3n) is 4.89. The summed E-state index contributed by atoms with van der Waals surface area (Å²) in [6, 6.07) is 23.9. The summed E-state index contributed by atoms with van der Waals surface area (Å²) in [5.41, 5.74) is 2.02. The molecule has 4 rings (SSSR count). The minimum Gasteiger partial charge on any atom is -0.326 e. The first-order valence-electron chi connectivity index (χ1n) is 10.2. The van der Waals surface area contributed by atoms with Crippen molar-refractivity contribution in [1.29, 1.82) is 0 Å². The van der Waals surface area contributed by atoms with Gasteiger partial charge in [0, 0.05) is 12.1 Å². The van der Waals surface area contributed by atoms with Gasteiger partial charge < -0.3 is 5.32 Å². The summed E-state index contributed by atoms with van der Waals surface area (Å²) in [4.78, 5) is 27.1. The van der Waals surface area contributed by atoms with Gasteiger partial charge in [0.1, 0.15) is 5.25 Å². The molecule has 0 spiro atoms. The van der Waals surface area contributed by atoms with Crippen LogP contribution in [0.15, 0.2) is 94.2 Å². The lowest BCUT2D eigenvalue weighted by molar-refractivity contribution is -0.121. The monoisotopic (exact) mass is 479 g/mol. The highest BCUT2D eigenvalue weighted by Crippen LogP contribution is 2.35. The molecule has 33 heavy (non-hydrogen) atoms. The second-order valence-electron chi connectivity index (χ2n) is 7.40. The van der Waals surface area contributed by atoms with Gasteiger partial charge in [-0.05, 0) is 43.3 Å². The van der Waals surface area contributed by atoms with Crippen LogP contribution < -0.4 is 10.2 Å². The van der Waals surface area contributed by atoms with Crippen molar-refractivity contribution in [2.24, 2.45) is 4.40 Å². The van der Waals surface area contributed by atoms with Crippen molar-refractivity contribution in [2.45, 2.75) is 23.5 Å². The summed E-state index contributed by atoms with van der Waals surface area (Å²) < 4.78 is 29.9. The molecule has 1 fully saturated rings. The van der Waals surface area contributed by atoms with E-state index in [-0.39, 0.29) is 22.4 Å². The van der Waals surface area contributed by atoms with E-state index in [1.165, 1.54) is 17.0 Å². The fraction of sp³-hybridized carbons (Fsp3) is 0.125. The molecule has 3 aromatic carbocycles. The van der Waals surface area contributed by atoms with Crippen LogP contribution in [0, 0.1) is 6.92 Å². The number of aryl methyl sites for hydroxylation is 1. The molecule has 1 heterocycles. The molecule has 0 aliphatic carbocycles. The Bertz CT molecular complexity index is 1290. The van der Waals surface area contributed by atoms with E-state index in [0.29, 0.717) is 11.4 Å². The minimum absolute atomic E-state index is 0.0179. The van der Waals surface area contributed by atoms with Crippen LogP contribution in [0.4, 0.5) is 11.4 Å². The van der Waals surface area contributed by atoms with Crippen molar-refractivity contribution in [3.63, 3.8) is 0 Å². The molecule has 0 aromatic heterocycles. The lowest BCUT2D eigenvalue weighted by Gasteiger charge is -2.16. The number of rotatable bonds is 6. The Balaban J connectivity index is 1.63. The molecule has 9 heteroatoms. The zero-order valence-corrected chi connectivity index (χ0v) is 19.3. The first kappa shape index (κ1) is 22.8. The highest BCUT2D eigenvalue weighted by molar-refractivity contribution is 8.16. The third-order valence-corrected chi connectivity index (χ3v) is 7.43. The second-order valence-corrected chi connectivity index (χ2v) is 10.2. The molecule has 0 bridgehead atoms. The van der Waals surface area contributed by atoms with Gasteiger partial charge in [-0.2, -0.15) is 8.42 Å². The maximum absolute atomic E-state index is 13.2. The molecule has 1 aliphatic rings. The Morgan fingerprint density at radius 3 is 2.21 bits per heavy atom. The zero-order chi connectivity index (χ0) is 23.4. The van der Waals surface area contributed by atoms with E-state index in [1.807, 2.05) is 13.0 Å². The van der Waals surface area contributed by atoms with Gasteiger partial charge in [-0.25, -0.2) is 0 Å². The summed E-state index contributed by atoms with van der Waals surface area (Å²) in [6.07, 6.45) is -0.120. The number of carbonyl (C=O) groups is 2. The smallest absolute Gasteiger partial charge is 0.284 e. The third kappa shape index (κ3) is 5.32. The topological polar surface area (TPSA) is 95.9 Å². The van der Waals surface area contributed by atoms with Crippen LogP contribution >= 0.6 is 11.8 Å². The van der Waals surface area contributed by atoms with Crippen LogP contribution in [-0.2, 0) is 19.6 Å². The van der Waals surface area contributed by atoms with E-state index >= 15 is 0 Å². The minimum atomic E-state index is -4.05. The number of anilines is 2. The molecular formula is C24H21N3O4S2. The predicted octanol–water partition coefficient (Wildman–Crippen LogP) is 4.22. The fourth-order valence-electron chi connectivity index (χ4n) is 3.24. The molecule has 1 N–H and O–H groups in total. The molecule has 7 nitrogen and oxygen atoms in total. The quantitative estimate of drug-likeness (QED) is 0.571. The molecule has 1 atom stereocenters. The summed E-state index contributed by atoms with van der Waals surface area (Å²) in [7, 11) is -4.05. The van der Waals surface area contributed by atoms with Crippen molar-refractivity contribution in [3.8, 4) is 0 Å². The van der Waals surface area contributed by atoms with Crippen LogP contribution in [0.3, 0.4) is 0 Å². The molecule has 1 aliphatic heterocycles. The van der Waals surface area contributed by atoms with Gasteiger partial charge in [-0.15, -0.1) is 4.40 Å². The van der Waals surface area contributed by atoms with E-state index in [9.17, 15) is 18.0 Å². The molecule has 168 valence electrons. The van der Waals surface area contributed by atoms with E-state index < -0.39 is 21.2 Å². The standard InChI is InChI=1S/C24H21N3O4S2/c1-17-12-14-20(15-13-17)33(30,31)26-24-27(19-10-6-3-7-11-19)23(29)21(32-24)16-22(28)25-18-8-4-2-5-9-18/h2-15,21H,16H2,1H3,(H,25,28)/b26-24-. The van der Waals surface area contributed by atoms with Crippen molar-refractivity contribution in [3.05, 3.63) is 90.5 Å². The molecule has 1 saturated heterocycles. The number of hydrogen-bond donors (Lipinski definition) is 1. The van der Waals surface area contributed by atoms with Crippen LogP contribution in [0.5, 0.6) is 0 Å². The molecule has 3 aromatic rings. The summed E-state index contributed by atoms with van der Waals surface area (Å²) in [5, 5.41) is 1.97. The van der Waals surface area contributed by atoms with Crippen molar-refractivity contribution >= 4 is 50.1 Å². The Morgan fingerprint density at radius 2 is 1.58 bits per heavy atom. The average molecular weight is 480 g/mol. The summed E-state index contributed by atoms with van der Waals surface area (Å²) >= 11 is 0.972. The van der Waals surface area contributed by atoms with Gasteiger partial charge in [-0.3, -0.25) is 14.5 Å². The van der Waals surface area contributed by atoms with Crippen molar-refractivity contribution in [1.82, 2.24) is 0 Å². The molecule has 0 saturated carbocycles. The van der Waals surface area contributed by atoms with E-state index in [2.05, 4.69) is 9.71 Å². The highest BCUT2D eigenvalue weighted by atomic mass is 32.2. The first-order chi connectivity index (χ1) is 15.8. The Kier molecular flexibility index (Phi) is 6.62. The van der Waals surface area contributed by atoms with Crippen molar-refractivity contribution in [2.75, 3.05) is 10.2 Å². The first-order valence-corrected chi connectivity index (χ1v) is 12.5. The van der Waals surface area contributed by atoms with E-state index in [1.54, 1.807) is 66.7 Å². The van der Waals surface area contributed by atoms with Gasteiger partial charge in [-0.1, -0.05) is 65.9 Å². The molecule has 1 unspecified atom stereocenters. The average Bonchev–Trinajstić information content (AvgIpc) is 3.09. The normalized spacial score (nSPS) is 17.4. The Hall–Kier alpha value is -3.43. The number of benzene rings is 3. The second kappa shape index (κ2) is 9.60. The number of hydrogen-bond acceptors (Lipinski definition) is 5. The number of nitrogens with one attached hydrogen (secondary N) is 1. The summed E-state index contributed by atoms with van der Waals surface area (Å²) in [6.45, 7) is 1.86. The lowest BCUT2D eigenvalue weighted by Crippen LogP contribution is -2.33. The van der Waals surface area contributed by atoms with E-state index in [4.69, 9.17) is 0 Å². The van der Waals surface area contributed by atoms with Gasteiger partial charge in [0.15, 0.2) is 5.17 Å². The Morgan fingerprint density at radius 1 is 0.970 bits per heavy atom. The number of amidine groups is 1. The maximum atomic E-state index is 13.2. The van der Waals surface area contributed by atoms with Crippen LogP contribution in [0.25, 0.3) is 0 Å². The fourth-order valence-corrected chi connectivity index (χ4v) is 5.58.